The fourth-order valence-corrected chi connectivity index (χ4v) is 4.54. The molecule has 0 aliphatic heterocycles. The van der Waals surface area contributed by atoms with E-state index in [4.69, 9.17) is 4.98 Å². The predicted octanol–water partition coefficient (Wildman–Crippen LogP) is 4.93. The number of aromatic nitrogens is 2. The van der Waals surface area contributed by atoms with E-state index in [0.717, 1.165) is 35.5 Å². The first-order chi connectivity index (χ1) is 13.8. The van der Waals surface area contributed by atoms with Crippen LogP contribution in [0.1, 0.15) is 56.0 Å². The molecule has 152 valence electrons. The van der Waals surface area contributed by atoms with Gasteiger partial charge in [0.2, 0.25) is 5.91 Å². The van der Waals surface area contributed by atoms with Crippen molar-refractivity contribution in [2.45, 2.75) is 58.4 Å². The van der Waals surface area contributed by atoms with Crippen molar-refractivity contribution in [3.05, 3.63) is 46.8 Å². The first kappa shape index (κ1) is 21.3. The van der Waals surface area contributed by atoms with Gasteiger partial charge in [-0.1, -0.05) is 26.8 Å². The van der Waals surface area contributed by atoms with Crippen molar-refractivity contribution in [2.75, 3.05) is 11.1 Å². The van der Waals surface area contributed by atoms with Gasteiger partial charge in [-0.15, -0.1) is 11.8 Å². The minimum Gasteiger partial charge on any atom is -0.310 e. The molecule has 0 spiro atoms. The minimum atomic E-state index is -0.0798. The van der Waals surface area contributed by atoms with E-state index in [-0.39, 0.29) is 11.3 Å². The second-order valence-corrected chi connectivity index (χ2v) is 9.76. The molecule has 0 fully saturated rings. The summed E-state index contributed by atoms with van der Waals surface area (Å²) in [7, 11) is 0. The topological polar surface area (TPSA) is 78.7 Å². The Morgan fingerprint density at radius 3 is 2.90 bits per heavy atom. The van der Waals surface area contributed by atoms with Gasteiger partial charge in [-0.2, -0.15) is 5.26 Å². The molecule has 29 heavy (non-hydrogen) atoms. The minimum absolute atomic E-state index is 0.0798. The Hall–Kier alpha value is -2.39. The van der Waals surface area contributed by atoms with E-state index in [1.807, 2.05) is 25.1 Å². The van der Waals surface area contributed by atoms with Crippen molar-refractivity contribution in [3.63, 3.8) is 0 Å². The van der Waals surface area contributed by atoms with E-state index < -0.39 is 0 Å². The van der Waals surface area contributed by atoms with Crippen LogP contribution in [0.4, 0.5) is 5.82 Å². The third-order valence-electron chi connectivity index (χ3n) is 5.53. The van der Waals surface area contributed by atoms with Crippen LogP contribution in [0.2, 0.25) is 0 Å². The van der Waals surface area contributed by atoms with Gasteiger partial charge >= 0.3 is 0 Å². The number of carbonyl (C=O) groups is 1. The van der Waals surface area contributed by atoms with Crippen LogP contribution < -0.4 is 5.32 Å². The zero-order valence-corrected chi connectivity index (χ0v) is 18.4. The summed E-state index contributed by atoms with van der Waals surface area (Å²) in [6.07, 6.45) is 5.08. The number of pyridine rings is 2. The molecule has 1 aliphatic carbocycles. The Balaban J connectivity index is 1.62. The first-order valence-corrected chi connectivity index (χ1v) is 11.0. The Morgan fingerprint density at radius 1 is 1.41 bits per heavy atom. The van der Waals surface area contributed by atoms with Crippen LogP contribution in [0.5, 0.6) is 0 Å². The monoisotopic (exact) mass is 408 g/mol. The van der Waals surface area contributed by atoms with Crippen LogP contribution >= 0.6 is 11.8 Å². The molecule has 0 saturated carbocycles. The van der Waals surface area contributed by atoms with Crippen molar-refractivity contribution >= 4 is 23.5 Å². The van der Waals surface area contributed by atoms with Gasteiger partial charge < -0.3 is 5.32 Å². The van der Waals surface area contributed by atoms with Crippen LogP contribution in [0.25, 0.3) is 0 Å². The highest BCUT2D eigenvalue weighted by Crippen LogP contribution is 2.38. The highest BCUT2D eigenvalue weighted by Gasteiger charge is 2.30. The number of nitriles is 1. The Bertz CT molecular complexity index is 943. The predicted molar refractivity (Wildman–Crippen MR) is 117 cm³/mol. The van der Waals surface area contributed by atoms with E-state index in [1.54, 1.807) is 6.20 Å². The first-order valence-electron chi connectivity index (χ1n) is 10.0. The molecule has 6 heteroatoms. The second kappa shape index (κ2) is 8.96. The number of nitrogens with zero attached hydrogens (tertiary/aromatic N) is 3. The zero-order chi connectivity index (χ0) is 21.0. The number of anilines is 1. The molecule has 0 aromatic carbocycles. The summed E-state index contributed by atoms with van der Waals surface area (Å²) in [5, 5.41) is 13.2. The largest absolute Gasteiger partial charge is 0.310 e. The molecule has 1 unspecified atom stereocenters. The van der Waals surface area contributed by atoms with E-state index in [0.29, 0.717) is 29.5 Å². The molecule has 0 saturated heterocycles. The maximum Gasteiger partial charge on any atom is 0.226 e. The van der Waals surface area contributed by atoms with Gasteiger partial charge in [0.15, 0.2) is 0 Å². The fourth-order valence-electron chi connectivity index (χ4n) is 3.63. The molecule has 1 amide bonds. The summed E-state index contributed by atoms with van der Waals surface area (Å²) in [6, 6.07) is 8.06. The number of amides is 1. The normalized spacial score (nSPS) is 16.0. The summed E-state index contributed by atoms with van der Waals surface area (Å²) >= 11 is 1.48. The maximum absolute atomic E-state index is 12.2. The quantitative estimate of drug-likeness (QED) is 0.710. The van der Waals surface area contributed by atoms with Crippen LogP contribution in [-0.4, -0.2) is 21.6 Å². The average Bonchev–Trinajstić information content (AvgIpc) is 2.68. The Morgan fingerprint density at radius 2 is 2.21 bits per heavy atom. The molecular weight excluding hydrogens is 380 g/mol. The van der Waals surface area contributed by atoms with Crippen LogP contribution in [0.15, 0.2) is 29.4 Å². The van der Waals surface area contributed by atoms with Gasteiger partial charge in [-0.05, 0) is 60.8 Å². The van der Waals surface area contributed by atoms with Crippen molar-refractivity contribution in [1.82, 2.24) is 9.97 Å². The zero-order valence-electron chi connectivity index (χ0n) is 17.6. The summed E-state index contributed by atoms with van der Waals surface area (Å²) in [6.45, 7) is 8.76. The van der Waals surface area contributed by atoms with Gasteiger partial charge in [0.1, 0.15) is 16.9 Å². The lowest BCUT2D eigenvalue weighted by Gasteiger charge is -2.34. The number of fused-ring (bicyclic) bond motifs is 1. The van der Waals surface area contributed by atoms with Crippen LogP contribution in [0, 0.1) is 29.6 Å². The maximum atomic E-state index is 12.2. The summed E-state index contributed by atoms with van der Waals surface area (Å²) in [5.41, 5.74) is 4.13. The standard InChI is InChI=1S/C23H28N4OS/c1-15-6-5-10-25-21(15)27-20(28)9-11-29-22-17(14-24)12-16-13-18(23(2,3)4)7-8-19(16)26-22/h5-6,10,12,18H,7-9,11,13H2,1-4H3,(H,25,27,28). The third-order valence-corrected chi connectivity index (χ3v) is 6.53. The Kier molecular flexibility index (Phi) is 6.59. The molecule has 3 rings (SSSR count). The van der Waals surface area contributed by atoms with Crippen molar-refractivity contribution in [1.29, 1.82) is 5.26 Å². The van der Waals surface area contributed by atoms with Gasteiger partial charge in [0, 0.05) is 24.1 Å². The number of carbonyl (C=O) groups excluding carboxylic acids is 1. The van der Waals surface area contributed by atoms with E-state index in [9.17, 15) is 10.1 Å². The summed E-state index contributed by atoms with van der Waals surface area (Å²) < 4.78 is 0. The summed E-state index contributed by atoms with van der Waals surface area (Å²) in [4.78, 5) is 21.2. The SMILES string of the molecule is Cc1cccnc1NC(=O)CCSc1nc2c(cc1C#N)CC(C(C)(C)C)CC2. The van der Waals surface area contributed by atoms with Crippen molar-refractivity contribution in [3.8, 4) is 6.07 Å². The Labute approximate surface area is 177 Å². The molecule has 2 heterocycles. The number of nitrogens with one attached hydrogen (secondary N) is 1. The highest BCUT2D eigenvalue weighted by molar-refractivity contribution is 7.99. The second-order valence-electron chi connectivity index (χ2n) is 8.68. The summed E-state index contributed by atoms with van der Waals surface area (Å²) in [5.74, 6) is 1.70. The van der Waals surface area contributed by atoms with Crippen molar-refractivity contribution < 1.29 is 4.79 Å². The van der Waals surface area contributed by atoms with Gasteiger partial charge in [-0.3, -0.25) is 4.79 Å². The lowest BCUT2D eigenvalue weighted by Crippen LogP contribution is -2.27. The van der Waals surface area contributed by atoms with Gasteiger partial charge in [0.05, 0.1) is 5.56 Å². The molecule has 0 bridgehead atoms. The third kappa shape index (κ3) is 5.36. The van der Waals surface area contributed by atoms with Crippen LogP contribution in [0.3, 0.4) is 0 Å². The lowest BCUT2D eigenvalue weighted by molar-refractivity contribution is -0.115. The van der Waals surface area contributed by atoms with E-state index in [1.165, 1.54) is 17.3 Å². The van der Waals surface area contributed by atoms with Crippen molar-refractivity contribution in [2.24, 2.45) is 11.3 Å². The fraction of sp³-hybridized carbons (Fsp3) is 0.478. The molecule has 2 aromatic heterocycles. The molecular formula is C23H28N4OS. The number of hydrogen-bond donors (Lipinski definition) is 1. The molecule has 5 nitrogen and oxygen atoms in total. The number of hydrogen-bond acceptors (Lipinski definition) is 5. The van der Waals surface area contributed by atoms with E-state index >= 15 is 0 Å². The molecule has 2 aromatic rings. The van der Waals surface area contributed by atoms with Gasteiger partial charge in [0.25, 0.3) is 0 Å². The number of rotatable bonds is 5. The molecule has 1 N–H and O–H groups in total. The smallest absolute Gasteiger partial charge is 0.226 e. The molecule has 1 aliphatic rings. The van der Waals surface area contributed by atoms with E-state index in [2.05, 4.69) is 37.1 Å². The average molecular weight is 409 g/mol. The van der Waals surface area contributed by atoms with Gasteiger partial charge in [-0.25, -0.2) is 9.97 Å². The number of thioether (sulfide) groups is 1. The highest BCUT2D eigenvalue weighted by atomic mass is 32.2. The van der Waals surface area contributed by atoms with Crippen LogP contribution in [-0.2, 0) is 17.6 Å². The number of aryl methyl sites for hydroxylation is 2. The molecule has 1 atom stereocenters. The molecule has 0 radical (unpaired) electrons. The lowest BCUT2D eigenvalue weighted by atomic mass is 9.71.